The molecule has 0 aliphatic rings. The van der Waals surface area contributed by atoms with Crippen LogP contribution in [-0.4, -0.2) is 13.0 Å². The molecule has 8 heteroatoms. The minimum atomic E-state index is -4.87. The molecule has 0 amide bonds. The van der Waals surface area contributed by atoms with Gasteiger partial charge in [-0.3, -0.25) is 4.55 Å². The van der Waals surface area contributed by atoms with Gasteiger partial charge in [0.1, 0.15) is 0 Å². The molecule has 0 aromatic heterocycles. The summed E-state index contributed by atoms with van der Waals surface area (Å²) < 4.78 is 29.6. The lowest BCUT2D eigenvalue weighted by atomic mass is 10.4. The Morgan fingerprint density at radius 1 is 1.07 bits per heavy atom. The summed E-state index contributed by atoms with van der Waals surface area (Å²) in [6.07, 6.45) is 0. The van der Waals surface area contributed by atoms with Crippen LogP contribution in [0.1, 0.15) is 0 Å². The van der Waals surface area contributed by atoms with Gasteiger partial charge in [-0.15, -0.1) is 7.94 Å². The highest BCUT2D eigenvalue weighted by Gasteiger charge is 2.10. The summed E-state index contributed by atoms with van der Waals surface area (Å²) in [6.45, 7) is 0. The summed E-state index contributed by atoms with van der Waals surface area (Å²) in [5.41, 5.74) is 0. The fourth-order valence-corrected chi connectivity index (χ4v) is 1.79. The van der Waals surface area contributed by atoms with Gasteiger partial charge in [-0.05, 0) is 24.3 Å². The van der Waals surface area contributed by atoms with E-state index in [0.29, 0.717) is 0 Å². The fraction of sp³-hybridized carbons (Fsp3) is 0. The van der Waals surface area contributed by atoms with Crippen LogP contribution in [0.5, 0.6) is 0 Å². The molecule has 0 unspecified atom stereocenters. The van der Waals surface area contributed by atoms with E-state index in [4.69, 9.17) is 4.55 Å². The van der Waals surface area contributed by atoms with Gasteiger partial charge in [0.25, 0.3) is 10.1 Å². The standard InChI is InChI=1S/C6H7O6PS/c7-13(8,9)5-1-3-6(4-2-5)14(10,11)12/h1-4H,(H2,7,8,9)(H,10,11,12)/p-2. The lowest BCUT2D eigenvalue weighted by Crippen LogP contribution is -2.40. The van der Waals surface area contributed by atoms with Crippen molar-refractivity contribution < 1.29 is 27.7 Å². The predicted octanol–water partition coefficient (Wildman–Crippen LogP) is -2.60. The molecule has 1 aromatic rings. The molecule has 0 aliphatic heterocycles. The highest BCUT2D eigenvalue weighted by molar-refractivity contribution is 7.85. The van der Waals surface area contributed by atoms with E-state index in [1.165, 1.54) is 0 Å². The summed E-state index contributed by atoms with van der Waals surface area (Å²) in [5.74, 6) is 0. The molecular weight excluding hydrogens is 231 g/mol. The second-order valence-electron chi connectivity index (χ2n) is 2.47. The van der Waals surface area contributed by atoms with Crippen molar-refractivity contribution in [1.29, 1.82) is 0 Å². The molecule has 78 valence electrons. The summed E-state index contributed by atoms with van der Waals surface area (Å²) in [5, 5.41) is -0.523. The number of hydrogen-bond acceptors (Lipinski definition) is 5. The van der Waals surface area contributed by atoms with E-state index >= 15 is 0 Å². The topological polar surface area (TPSA) is 124 Å². The van der Waals surface area contributed by atoms with Crippen LogP contribution in [-0.2, 0) is 10.1 Å². The Kier molecular flexibility index (Phi) is 2.91. The molecule has 0 fully saturated rings. The Morgan fingerprint density at radius 2 is 1.50 bits per heavy atom. The van der Waals surface area contributed by atoms with Gasteiger partial charge in [0.05, 0.1) is 10.2 Å². The van der Waals surface area contributed by atoms with E-state index in [-0.39, 0.29) is 0 Å². The summed E-state index contributed by atoms with van der Waals surface area (Å²) >= 11 is 0. The first kappa shape index (κ1) is 11.5. The highest BCUT2D eigenvalue weighted by Crippen LogP contribution is 2.26. The maximum Gasteiger partial charge on any atom is 0.294 e. The lowest BCUT2D eigenvalue weighted by Gasteiger charge is -2.41. The average molecular weight is 236 g/mol. The van der Waals surface area contributed by atoms with Gasteiger partial charge in [0.15, 0.2) is 0 Å². The van der Waals surface area contributed by atoms with Crippen LogP contribution >= 0.6 is 7.94 Å². The summed E-state index contributed by atoms with van der Waals surface area (Å²) in [4.78, 5) is 30.9. The molecule has 1 aromatic carbocycles. The average Bonchev–Trinajstić information content (AvgIpc) is 2.01. The van der Waals surface area contributed by atoms with Gasteiger partial charge in [0.2, 0.25) is 0 Å². The van der Waals surface area contributed by atoms with E-state index < -0.39 is 28.3 Å². The minimum absolute atomic E-state index is 0.463. The normalized spacial score (nSPS) is 12.9. The quantitative estimate of drug-likeness (QED) is 0.443. The Labute approximate surface area is 80.8 Å². The number of benzene rings is 1. The zero-order chi connectivity index (χ0) is 11.0. The molecule has 0 bridgehead atoms. The maximum atomic E-state index is 10.5. The first-order valence-corrected chi connectivity index (χ1v) is 6.30. The molecule has 6 nitrogen and oxygen atoms in total. The third-order valence-corrected chi connectivity index (χ3v) is 3.25. The van der Waals surface area contributed by atoms with Crippen molar-refractivity contribution in [1.82, 2.24) is 0 Å². The molecule has 0 spiro atoms. The molecular formula is C6H5O6PS-2. The first-order chi connectivity index (χ1) is 6.21. The van der Waals surface area contributed by atoms with Gasteiger partial charge in [-0.25, -0.2) is 0 Å². The molecule has 0 saturated carbocycles. The SMILES string of the molecule is O=S(=O)(O)c1ccc([P+]([O-])([O-])[O-])cc1. The van der Waals surface area contributed by atoms with Crippen molar-refractivity contribution in [3.63, 3.8) is 0 Å². The second kappa shape index (κ2) is 3.54. The van der Waals surface area contributed by atoms with Crippen molar-refractivity contribution in [3.8, 4) is 0 Å². The van der Waals surface area contributed by atoms with Crippen LogP contribution in [0.25, 0.3) is 0 Å². The van der Waals surface area contributed by atoms with Crippen molar-refractivity contribution in [2.24, 2.45) is 0 Å². The maximum absolute atomic E-state index is 10.5. The van der Waals surface area contributed by atoms with Crippen molar-refractivity contribution in [2.45, 2.75) is 4.90 Å². The van der Waals surface area contributed by atoms with E-state index in [0.717, 1.165) is 24.3 Å². The van der Waals surface area contributed by atoms with Crippen LogP contribution in [0.15, 0.2) is 29.2 Å². The molecule has 1 N–H and O–H groups in total. The molecule has 14 heavy (non-hydrogen) atoms. The van der Waals surface area contributed by atoms with Crippen LogP contribution in [0.4, 0.5) is 0 Å². The molecule has 1 rings (SSSR count). The van der Waals surface area contributed by atoms with Crippen molar-refractivity contribution in [3.05, 3.63) is 24.3 Å². The van der Waals surface area contributed by atoms with Crippen LogP contribution in [0, 0.1) is 0 Å². The molecule has 0 radical (unpaired) electrons. The smallest absolute Gasteiger partial charge is 0.294 e. The highest BCUT2D eigenvalue weighted by atomic mass is 32.2. The van der Waals surface area contributed by atoms with E-state index in [2.05, 4.69) is 0 Å². The Morgan fingerprint density at radius 3 is 1.79 bits per heavy atom. The van der Waals surface area contributed by atoms with Gasteiger partial charge in [0, 0.05) is 0 Å². The molecule has 0 saturated heterocycles. The molecule has 0 atom stereocenters. The Bertz CT molecular complexity index is 417. The van der Waals surface area contributed by atoms with E-state index in [1.54, 1.807) is 0 Å². The van der Waals surface area contributed by atoms with Gasteiger partial charge >= 0.3 is 0 Å². The van der Waals surface area contributed by atoms with Gasteiger partial charge < -0.3 is 14.7 Å². The molecule has 0 heterocycles. The Hall–Kier alpha value is -0.560. The van der Waals surface area contributed by atoms with Crippen LogP contribution in [0.2, 0.25) is 0 Å². The third-order valence-electron chi connectivity index (χ3n) is 1.45. The Balaban J connectivity index is 3.14. The first-order valence-electron chi connectivity index (χ1n) is 3.31. The second-order valence-corrected chi connectivity index (χ2v) is 5.40. The monoisotopic (exact) mass is 236 g/mol. The van der Waals surface area contributed by atoms with Crippen LogP contribution < -0.4 is 20.0 Å². The third kappa shape index (κ3) is 2.71. The van der Waals surface area contributed by atoms with E-state index in [1.807, 2.05) is 0 Å². The van der Waals surface area contributed by atoms with Gasteiger partial charge in [-0.1, -0.05) is 0 Å². The fourth-order valence-electron chi connectivity index (χ4n) is 0.801. The largest absolute Gasteiger partial charge is 0.684 e. The van der Waals surface area contributed by atoms with E-state index in [9.17, 15) is 23.1 Å². The molecule has 0 aliphatic carbocycles. The summed E-state index contributed by atoms with van der Waals surface area (Å²) in [7, 11) is -9.23. The van der Waals surface area contributed by atoms with Gasteiger partial charge in [-0.2, -0.15) is 8.42 Å². The number of hydrogen-bond donors (Lipinski definition) is 1. The van der Waals surface area contributed by atoms with Crippen LogP contribution in [0.3, 0.4) is 0 Å². The lowest BCUT2D eigenvalue weighted by molar-refractivity contribution is -0.421. The van der Waals surface area contributed by atoms with Crippen molar-refractivity contribution in [2.75, 3.05) is 0 Å². The zero-order valence-corrected chi connectivity index (χ0v) is 8.36. The van der Waals surface area contributed by atoms with Crippen molar-refractivity contribution >= 4 is 23.4 Å². The zero-order valence-electron chi connectivity index (χ0n) is 6.65. The number of rotatable bonds is 2. The summed E-state index contributed by atoms with van der Waals surface area (Å²) in [6, 6.07) is 3.33. The minimum Gasteiger partial charge on any atom is -0.684 e. The predicted molar refractivity (Wildman–Crippen MR) is 42.8 cm³/mol.